The Hall–Kier alpha value is -2.74. The molecule has 1 aromatic heterocycles. The lowest BCUT2D eigenvalue weighted by Crippen LogP contribution is -2.40. The van der Waals surface area contributed by atoms with Crippen LogP contribution in [-0.4, -0.2) is 48.2 Å². The molecule has 27 heavy (non-hydrogen) atoms. The molecule has 1 fully saturated rings. The van der Waals surface area contributed by atoms with E-state index in [0.717, 1.165) is 17.7 Å². The molecule has 0 unspecified atom stereocenters. The molecule has 0 bridgehead atoms. The molecule has 1 saturated heterocycles. The van der Waals surface area contributed by atoms with Crippen molar-refractivity contribution in [3.63, 3.8) is 0 Å². The fraction of sp³-hybridized carbons (Fsp3) is 0.421. The fourth-order valence-corrected chi connectivity index (χ4v) is 3.73. The molecule has 0 saturated carbocycles. The van der Waals surface area contributed by atoms with Gasteiger partial charge in [0.1, 0.15) is 5.82 Å². The topological polar surface area (TPSA) is 78.5 Å². The minimum absolute atomic E-state index is 0.0141. The van der Waals surface area contributed by atoms with E-state index in [9.17, 15) is 14.0 Å². The maximum absolute atomic E-state index is 14.3. The first-order valence-corrected chi connectivity index (χ1v) is 9.06. The van der Waals surface area contributed by atoms with Gasteiger partial charge in [-0.2, -0.15) is 4.39 Å². The quantitative estimate of drug-likeness (QED) is 0.878. The van der Waals surface area contributed by atoms with Gasteiger partial charge in [0.15, 0.2) is 5.82 Å². The highest BCUT2D eigenvalue weighted by atomic mass is 19.1. The van der Waals surface area contributed by atoms with Crippen molar-refractivity contribution in [3.05, 3.63) is 51.8 Å². The van der Waals surface area contributed by atoms with E-state index in [0.29, 0.717) is 26.3 Å². The number of benzene rings is 1. The van der Waals surface area contributed by atoms with Gasteiger partial charge in [-0.15, -0.1) is 0 Å². The molecule has 3 heterocycles. The van der Waals surface area contributed by atoms with Crippen molar-refractivity contribution in [1.29, 1.82) is 0 Å². The molecule has 0 radical (unpaired) electrons. The van der Waals surface area contributed by atoms with E-state index in [1.807, 2.05) is 31.2 Å². The van der Waals surface area contributed by atoms with Crippen molar-refractivity contribution in [2.75, 3.05) is 36.1 Å². The third-order valence-corrected chi connectivity index (χ3v) is 5.00. The third kappa shape index (κ3) is 3.32. The molecule has 2 aliphatic rings. The lowest BCUT2D eigenvalue weighted by Gasteiger charge is -2.28. The summed E-state index contributed by atoms with van der Waals surface area (Å²) in [6.07, 6.45) is 0.694. The number of para-hydroxylation sites is 1. The smallest absolute Gasteiger partial charge is 0.289 e. The summed E-state index contributed by atoms with van der Waals surface area (Å²) >= 11 is 0. The molecule has 2 aromatic rings. The molecule has 0 spiro atoms. The number of rotatable bonds is 3. The fourth-order valence-electron chi connectivity index (χ4n) is 3.73. The van der Waals surface area contributed by atoms with E-state index in [-0.39, 0.29) is 30.0 Å². The molecule has 1 N–H and O–H groups in total. The molecule has 142 valence electrons. The number of H-pyrrole nitrogens is 1. The summed E-state index contributed by atoms with van der Waals surface area (Å²) in [5, 5.41) is 0. The summed E-state index contributed by atoms with van der Waals surface area (Å²) in [6.45, 7) is 3.79. The summed E-state index contributed by atoms with van der Waals surface area (Å²) in [7, 11) is 0. The second-order valence-corrected chi connectivity index (χ2v) is 6.87. The van der Waals surface area contributed by atoms with Gasteiger partial charge in [-0.05, 0) is 25.0 Å². The van der Waals surface area contributed by atoms with E-state index >= 15 is 0 Å². The molecular weight excluding hydrogens is 351 g/mol. The third-order valence-electron chi connectivity index (χ3n) is 5.00. The highest BCUT2D eigenvalue weighted by molar-refractivity contribution is 5.97. The Bertz CT molecular complexity index is 923. The van der Waals surface area contributed by atoms with E-state index in [1.54, 1.807) is 9.80 Å². The number of halogens is 1. The SMILES string of the molecule is C[C@@H]1Cc2ccccc2N1C(=O)Cc1nc(N2CCOCC2)c(F)c(=O)[nH]1. The van der Waals surface area contributed by atoms with Crippen LogP contribution >= 0.6 is 0 Å². The van der Waals surface area contributed by atoms with E-state index in [2.05, 4.69) is 9.97 Å². The first kappa shape index (κ1) is 17.7. The maximum Gasteiger partial charge on any atom is 0.289 e. The van der Waals surface area contributed by atoms with Crippen LogP contribution in [0.5, 0.6) is 0 Å². The second-order valence-electron chi connectivity index (χ2n) is 6.87. The average molecular weight is 372 g/mol. The number of aromatic amines is 1. The minimum atomic E-state index is -0.923. The summed E-state index contributed by atoms with van der Waals surface area (Å²) in [6, 6.07) is 7.80. The van der Waals surface area contributed by atoms with Crippen molar-refractivity contribution in [1.82, 2.24) is 9.97 Å². The van der Waals surface area contributed by atoms with Crippen LogP contribution in [0.15, 0.2) is 29.1 Å². The van der Waals surface area contributed by atoms with Crippen molar-refractivity contribution < 1.29 is 13.9 Å². The van der Waals surface area contributed by atoms with E-state index in [4.69, 9.17) is 4.74 Å². The Morgan fingerprint density at radius 1 is 1.33 bits per heavy atom. The van der Waals surface area contributed by atoms with Crippen molar-refractivity contribution in [2.45, 2.75) is 25.8 Å². The highest BCUT2D eigenvalue weighted by Gasteiger charge is 2.31. The number of anilines is 2. The number of nitrogens with one attached hydrogen (secondary N) is 1. The number of amides is 1. The number of nitrogens with zero attached hydrogens (tertiary/aromatic N) is 3. The summed E-state index contributed by atoms with van der Waals surface area (Å²) < 4.78 is 19.5. The molecule has 4 rings (SSSR count). The molecule has 1 amide bonds. The van der Waals surface area contributed by atoms with Crippen molar-refractivity contribution in [3.8, 4) is 0 Å². The Labute approximate surface area is 155 Å². The number of carbonyl (C=O) groups excluding carboxylic acids is 1. The molecule has 1 aromatic carbocycles. The Morgan fingerprint density at radius 3 is 2.85 bits per heavy atom. The lowest BCUT2D eigenvalue weighted by atomic mass is 10.1. The van der Waals surface area contributed by atoms with Crippen LogP contribution in [0.4, 0.5) is 15.9 Å². The van der Waals surface area contributed by atoms with Gasteiger partial charge in [-0.25, -0.2) is 4.98 Å². The van der Waals surface area contributed by atoms with Gasteiger partial charge in [-0.1, -0.05) is 18.2 Å². The average Bonchev–Trinajstić information content (AvgIpc) is 3.01. The van der Waals surface area contributed by atoms with Crippen LogP contribution in [0.1, 0.15) is 18.3 Å². The summed E-state index contributed by atoms with van der Waals surface area (Å²) in [4.78, 5) is 35.0. The normalized spacial score (nSPS) is 19.3. The van der Waals surface area contributed by atoms with Crippen LogP contribution in [-0.2, 0) is 22.4 Å². The van der Waals surface area contributed by atoms with Crippen LogP contribution in [0, 0.1) is 5.82 Å². The molecule has 2 aliphatic heterocycles. The van der Waals surface area contributed by atoms with E-state index < -0.39 is 11.4 Å². The number of fused-ring (bicyclic) bond motifs is 1. The Morgan fingerprint density at radius 2 is 2.07 bits per heavy atom. The van der Waals surface area contributed by atoms with Gasteiger partial charge in [0.2, 0.25) is 11.7 Å². The van der Waals surface area contributed by atoms with Crippen molar-refractivity contribution in [2.24, 2.45) is 0 Å². The van der Waals surface area contributed by atoms with Crippen LogP contribution in [0.2, 0.25) is 0 Å². The number of ether oxygens (including phenoxy) is 1. The van der Waals surface area contributed by atoms with Gasteiger partial charge >= 0.3 is 0 Å². The number of carbonyl (C=O) groups is 1. The number of morpholine rings is 1. The number of hydrogen-bond donors (Lipinski definition) is 1. The lowest BCUT2D eigenvalue weighted by molar-refractivity contribution is -0.118. The first-order valence-electron chi connectivity index (χ1n) is 9.06. The summed E-state index contributed by atoms with van der Waals surface area (Å²) in [5.41, 5.74) is 1.14. The van der Waals surface area contributed by atoms with Crippen molar-refractivity contribution >= 4 is 17.4 Å². The molecule has 0 aliphatic carbocycles. The van der Waals surface area contributed by atoms with Gasteiger partial charge in [-0.3, -0.25) is 9.59 Å². The van der Waals surface area contributed by atoms with Gasteiger partial charge in [0.25, 0.3) is 5.56 Å². The van der Waals surface area contributed by atoms with E-state index in [1.165, 1.54) is 0 Å². The molecule has 7 nitrogen and oxygen atoms in total. The zero-order valence-electron chi connectivity index (χ0n) is 15.1. The van der Waals surface area contributed by atoms with Gasteiger partial charge in [0, 0.05) is 24.8 Å². The first-order chi connectivity index (χ1) is 13.0. The minimum Gasteiger partial charge on any atom is -0.378 e. The monoisotopic (exact) mass is 372 g/mol. The van der Waals surface area contributed by atoms with Gasteiger partial charge in [0.05, 0.1) is 19.6 Å². The zero-order valence-corrected chi connectivity index (χ0v) is 15.1. The predicted octanol–water partition coefficient (Wildman–Crippen LogP) is 1.27. The standard InChI is InChI=1S/C19H21FN4O3/c1-12-10-13-4-2-3-5-14(13)24(12)16(25)11-15-21-18(17(20)19(26)22-15)23-6-8-27-9-7-23/h2-5,12H,6-11H2,1H3,(H,21,22,26)/t12-/m1/s1. The van der Waals surface area contributed by atoms with Gasteiger partial charge < -0.3 is 19.5 Å². The number of hydrogen-bond acceptors (Lipinski definition) is 5. The Kier molecular flexibility index (Phi) is 4.65. The number of aromatic nitrogens is 2. The molecule has 1 atom stereocenters. The second kappa shape index (κ2) is 7.11. The van der Waals surface area contributed by atoms with Crippen LogP contribution < -0.4 is 15.4 Å². The maximum atomic E-state index is 14.3. The van der Waals surface area contributed by atoms with Crippen LogP contribution in [0.3, 0.4) is 0 Å². The predicted molar refractivity (Wildman–Crippen MR) is 98.6 cm³/mol. The highest BCUT2D eigenvalue weighted by Crippen LogP contribution is 2.32. The molecule has 8 heteroatoms. The zero-order chi connectivity index (χ0) is 19.0. The van der Waals surface area contributed by atoms with Crippen LogP contribution in [0.25, 0.3) is 0 Å². The summed E-state index contributed by atoms with van der Waals surface area (Å²) in [5.74, 6) is -0.938. The molecular formula is C19H21FN4O3. The Balaban J connectivity index is 1.60. The largest absolute Gasteiger partial charge is 0.378 e.